The lowest BCUT2D eigenvalue weighted by molar-refractivity contribution is -0.282. The van der Waals surface area contributed by atoms with Crippen LogP contribution >= 0.6 is 0 Å². The topological polar surface area (TPSA) is 28.1 Å². The van der Waals surface area contributed by atoms with Crippen molar-refractivity contribution >= 4 is 11.4 Å². The smallest absolute Gasteiger partial charge is 0.0914 e. The molecular weight excluding hydrogens is 334 g/mol. The highest BCUT2D eigenvalue weighted by molar-refractivity contribution is 5.92. The third-order valence-corrected chi connectivity index (χ3v) is 5.96. The lowest BCUT2D eigenvalue weighted by Crippen LogP contribution is -2.59. The van der Waals surface area contributed by atoms with Crippen LogP contribution in [0.2, 0.25) is 0 Å². The maximum Gasteiger partial charge on any atom is 0.0914 e. The number of piperidine rings is 1. The zero-order valence-electron chi connectivity index (χ0n) is 18.2. The van der Waals surface area contributed by atoms with E-state index in [4.69, 9.17) is 9.94 Å². The van der Waals surface area contributed by atoms with Gasteiger partial charge < -0.3 is 0 Å². The minimum atomic E-state index is 0.0612. The van der Waals surface area contributed by atoms with E-state index < -0.39 is 0 Å². The average Bonchev–Trinajstić information content (AvgIpc) is 2.98. The molecule has 3 rings (SSSR count). The normalized spacial score (nSPS) is 25.5. The van der Waals surface area contributed by atoms with E-state index in [0.29, 0.717) is 6.61 Å². The summed E-state index contributed by atoms with van der Waals surface area (Å²) in [7, 11) is 0. The summed E-state index contributed by atoms with van der Waals surface area (Å²) >= 11 is 0. The minimum Gasteiger partial charge on any atom is -0.296 e. The van der Waals surface area contributed by atoms with Crippen LogP contribution in [0.4, 0.5) is 5.69 Å². The maximum atomic E-state index is 6.53. The van der Waals surface area contributed by atoms with Crippen LogP contribution in [0.15, 0.2) is 35.4 Å². The lowest BCUT2D eigenvalue weighted by Gasteiger charge is -2.51. The Hall–Kier alpha value is -1.39. The molecule has 2 aliphatic rings. The fraction of sp³-hybridized carbons (Fsp3) is 0.696. The van der Waals surface area contributed by atoms with E-state index in [-0.39, 0.29) is 22.5 Å². The fourth-order valence-electron chi connectivity index (χ4n) is 4.48. The summed E-state index contributed by atoms with van der Waals surface area (Å²) in [5.74, 6) is 0. The molecule has 0 radical (unpaired) electrons. The number of hydrogen-bond acceptors (Lipinski definition) is 4. The van der Waals surface area contributed by atoms with E-state index in [9.17, 15) is 0 Å². The Kier molecular flexibility index (Phi) is 5.44. The second-order valence-electron chi connectivity index (χ2n) is 10.4. The predicted octanol–water partition coefficient (Wildman–Crippen LogP) is 5.64. The maximum absolute atomic E-state index is 6.53. The number of hydroxylamine groups is 2. The summed E-state index contributed by atoms with van der Waals surface area (Å²) < 4.78 is 0. The highest BCUT2D eigenvalue weighted by atomic mass is 16.7. The summed E-state index contributed by atoms with van der Waals surface area (Å²) in [6.07, 6.45) is 4.56. The summed E-state index contributed by atoms with van der Waals surface area (Å²) in [6, 6.07) is 10.7. The van der Waals surface area contributed by atoms with Crippen molar-refractivity contribution in [2.75, 3.05) is 11.6 Å². The Morgan fingerprint density at radius 1 is 1.04 bits per heavy atom. The van der Waals surface area contributed by atoms with Crippen molar-refractivity contribution in [1.29, 1.82) is 0 Å². The summed E-state index contributed by atoms with van der Waals surface area (Å²) in [6.45, 7) is 16.6. The number of hydrogen-bond donors (Lipinski definition) is 0. The van der Waals surface area contributed by atoms with Gasteiger partial charge in [0.25, 0.3) is 0 Å². The molecule has 27 heavy (non-hydrogen) atoms. The van der Waals surface area contributed by atoms with Gasteiger partial charge in [0.15, 0.2) is 0 Å². The Balaban J connectivity index is 1.78. The molecule has 0 spiro atoms. The molecule has 0 amide bonds. The molecule has 0 saturated carbocycles. The summed E-state index contributed by atoms with van der Waals surface area (Å²) in [4.78, 5) is 6.53. The first kappa shape index (κ1) is 20.3. The molecule has 1 aromatic carbocycles. The first-order valence-electron chi connectivity index (χ1n) is 10.4. The van der Waals surface area contributed by atoms with Gasteiger partial charge >= 0.3 is 0 Å². The predicted molar refractivity (Wildman–Crippen MR) is 114 cm³/mol. The number of para-hydroxylation sites is 1. The molecule has 1 fully saturated rings. The van der Waals surface area contributed by atoms with Gasteiger partial charge in [0.05, 0.1) is 18.3 Å². The van der Waals surface area contributed by atoms with Gasteiger partial charge in [-0.1, -0.05) is 39.0 Å². The van der Waals surface area contributed by atoms with Crippen LogP contribution in [0.1, 0.15) is 74.1 Å². The van der Waals surface area contributed by atoms with Crippen molar-refractivity contribution in [3.05, 3.63) is 30.3 Å². The Morgan fingerprint density at radius 3 is 2.19 bits per heavy atom. The lowest BCUT2D eigenvalue weighted by atomic mass is 9.82. The van der Waals surface area contributed by atoms with Gasteiger partial charge in [-0.05, 0) is 59.1 Å². The minimum absolute atomic E-state index is 0.0612. The van der Waals surface area contributed by atoms with Gasteiger partial charge in [-0.3, -0.25) is 9.85 Å². The third kappa shape index (κ3) is 4.38. The molecule has 0 bridgehead atoms. The quantitative estimate of drug-likeness (QED) is 0.685. The van der Waals surface area contributed by atoms with Crippen LogP contribution < -0.4 is 5.01 Å². The van der Waals surface area contributed by atoms with E-state index in [2.05, 4.69) is 88.9 Å². The van der Waals surface area contributed by atoms with E-state index in [1.807, 2.05) is 0 Å². The van der Waals surface area contributed by atoms with Gasteiger partial charge in [-0.2, -0.15) is 10.2 Å². The Morgan fingerprint density at radius 2 is 1.63 bits per heavy atom. The molecule has 4 nitrogen and oxygen atoms in total. The average molecular weight is 372 g/mol. The summed E-state index contributed by atoms with van der Waals surface area (Å²) in [5, 5.41) is 9.44. The largest absolute Gasteiger partial charge is 0.296 e. The van der Waals surface area contributed by atoms with E-state index in [0.717, 1.165) is 12.1 Å². The van der Waals surface area contributed by atoms with Crippen molar-refractivity contribution in [1.82, 2.24) is 5.06 Å². The second-order valence-corrected chi connectivity index (χ2v) is 10.4. The highest BCUT2D eigenvalue weighted by Crippen LogP contribution is 2.39. The molecule has 2 heterocycles. The second kappa shape index (κ2) is 7.21. The molecule has 1 saturated heterocycles. The number of nitrogens with zero attached hydrogens (tertiary/aromatic N) is 3. The molecule has 4 heteroatoms. The molecule has 0 aliphatic carbocycles. The molecule has 1 aromatic rings. The van der Waals surface area contributed by atoms with E-state index >= 15 is 0 Å². The Labute approximate surface area is 165 Å². The molecule has 150 valence electrons. The van der Waals surface area contributed by atoms with Crippen LogP contribution in [0.5, 0.6) is 0 Å². The van der Waals surface area contributed by atoms with Crippen LogP contribution in [-0.2, 0) is 4.84 Å². The van der Waals surface area contributed by atoms with E-state index in [1.165, 1.54) is 25.0 Å². The van der Waals surface area contributed by atoms with Crippen LogP contribution in [0.25, 0.3) is 0 Å². The first-order valence-corrected chi connectivity index (χ1v) is 10.4. The molecule has 1 unspecified atom stereocenters. The highest BCUT2D eigenvalue weighted by Gasteiger charge is 2.43. The van der Waals surface area contributed by atoms with Gasteiger partial charge in [0.1, 0.15) is 0 Å². The van der Waals surface area contributed by atoms with E-state index in [1.54, 1.807) is 0 Å². The molecule has 0 N–H and O–H groups in total. The number of anilines is 1. The standard InChI is InChI=1S/C23H37N3O/c1-21(2,3)20-16-19(25(24-20)18-12-9-8-10-13-18)17-27-26-22(4,5)14-11-15-23(26,6)7/h8-10,12-13,19H,11,14-17H2,1-7H3. The fourth-order valence-corrected chi connectivity index (χ4v) is 4.48. The Bertz CT molecular complexity index is 657. The molecule has 1 atom stereocenters. The zero-order valence-corrected chi connectivity index (χ0v) is 18.2. The van der Waals surface area contributed by atoms with Crippen molar-refractivity contribution in [3.63, 3.8) is 0 Å². The number of hydrazone groups is 1. The SMILES string of the molecule is CC(C)(C)C1=NN(c2ccccc2)C(CON2C(C)(C)CCCC2(C)C)C1. The van der Waals surface area contributed by atoms with Crippen LogP contribution in [0.3, 0.4) is 0 Å². The van der Waals surface area contributed by atoms with Gasteiger partial charge in [0.2, 0.25) is 0 Å². The van der Waals surface area contributed by atoms with Crippen molar-refractivity contribution in [2.45, 2.75) is 91.3 Å². The third-order valence-electron chi connectivity index (χ3n) is 5.96. The number of benzene rings is 1. The number of rotatable bonds is 4. The van der Waals surface area contributed by atoms with Crippen molar-refractivity contribution < 1.29 is 4.84 Å². The zero-order chi connectivity index (χ0) is 19.9. The van der Waals surface area contributed by atoms with Gasteiger partial charge in [-0.15, -0.1) is 0 Å². The van der Waals surface area contributed by atoms with Crippen LogP contribution in [-0.4, -0.2) is 34.5 Å². The first-order chi connectivity index (χ1) is 12.5. The van der Waals surface area contributed by atoms with Gasteiger partial charge in [0, 0.05) is 28.6 Å². The molecule has 2 aliphatic heterocycles. The van der Waals surface area contributed by atoms with Gasteiger partial charge in [-0.25, -0.2) is 0 Å². The molecular formula is C23H37N3O. The van der Waals surface area contributed by atoms with Crippen LogP contribution in [0, 0.1) is 5.41 Å². The summed E-state index contributed by atoms with van der Waals surface area (Å²) in [5.41, 5.74) is 2.59. The molecule has 0 aromatic heterocycles. The monoisotopic (exact) mass is 371 g/mol. The van der Waals surface area contributed by atoms with Crippen molar-refractivity contribution in [3.8, 4) is 0 Å². The van der Waals surface area contributed by atoms with Crippen molar-refractivity contribution in [2.24, 2.45) is 10.5 Å².